The van der Waals surface area contributed by atoms with Crippen LogP contribution in [0.2, 0.25) is 0 Å². The van der Waals surface area contributed by atoms with Crippen LogP contribution in [0.3, 0.4) is 0 Å². The minimum atomic E-state index is -0.0886. The van der Waals surface area contributed by atoms with E-state index < -0.39 is 0 Å². The molecule has 4 heteroatoms. The molecule has 0 fully saturated rings. The molecule has 2 rings (SSSR count). The van der Waals surface area contributed by atoms with Gasteiger partial charge < -0.3 is 15.4 Å². The Morgan fingerprint density at radius 1 is 1.50 bits per heavy atom. The zero-order valence-electron chi connectivity index (χ0n) is 7.99. The average molecular weight is 191 g/mol. The minimum absolute atomic E-state index is 0.0550. The highest BCUT2D eigenvalue weighted by Gasteiger charge is 2.09. The summed E-state index contributed by atoms with van der Waals surface area (Å²) in [5.74, 6) is 0. The third kappa shape index (κ3) is 1.49. The molecule has 2 heterocycles. The van der Waals surface area contributed by atoms with Gasteiger partial charge in [-0.05, 0) is 25.2 Å². The summed E-state index contributed by atoms with van der Waals surface area (Å²) in [5, 5.41) is 12.1. The summed E-state index contributed by atoms with van der Waals surface area (Å²) in [5.41, 5.74) is 2.81. The summed E-state index contributed by atoms with van der Waals surface area (Å²) in [6.07, 6.45) is 1.86. The highest BCUT2D eigenvalue weighted by Crippen LogP contribution is 2.14. The molecule has 2 aromatic heterocycles. The molecule has 74 valence electrons. The molecule has 1 atom stereocenters. The van der Waals surface area contributed by atoms with Gasteiger partial charge in [-0.3, -0.25) is 0 Å². The number of aliphatic hydroxyl groups is 1. The molecule has 0 bridgehead atoms. The van der Waals surface area contributed by atoms with E-state index in [1.807, 2.05) is 31.4 Å². The summed E-state index contributed by atoms with van der Waals surface area (Å²) in [6.45, 7) is 0.0550. The van der Waals surface area contributed by atoms with Crippen molar-refractivity contribution in [2.45, 2.75) is 6.04 Å². The first-order valence-corrected chi connectivity index (χ1v) is 4.57. The minimum Gasteiger partial charge on any atom is -0.394 e. The summed E-state index contributed by atoms with van der Waals surface area (Å²) in [4.78, 5) is 7.50. The van der Waals surface area contributed by atoms with Gasteiger partial charge >= 0.3 is 0 Å². The van der Waals surface area contributed by atoms with E-state index in [4.69, 9.17) is 5.11 Å². The molecule has 0 radical (unpaired) electrons. The van der Waals surface area contributed by atoms with E-state index in [2.05, 4.69) is 15.3 Å². The molecule has 0 aliphatic rings. The van der Waals surface area contributed by atoms with Gasteiger partial charge in [-0.15, -0.1) is 0 Å². The highest BCUT2D eigenvalue weighted by molar-refractivity contribution is 5.74. The Morgan fingerprint density at radius 2 is 2.36 bits per heavy atom. The Bertz CT molecular complexity index is 420. The largest absolute Gasteiger partial charge is 0.394 e. The second-order valence-electron chi connectivity index (χ2n) is 3.17. The molecule has 0 aliphatic carbocycles. The number of aliphatic hydroxyl groups excluding tert-OH is 1. The monoisotopic (exact) mass is 191 g/mol. The van der Waals surface area contributed by atoms with Gasteiger partial charge in [-0.2, -0.15) is 0 Å². The van der Waals surface area contributed by atoms with Gasteiger partial charge in [0, 0.05) is 6.20 Å². The van der Waals surface area contributed by atoms with Crippen LogP contribution >= 0.6 is 0 Å². The van der Waals surface area contributed by atoms with Crippen molar-refractivity contribution in [1.82, 2.24) is 15.3 Å². The van der Waals surface area contributed by atoms with Crippen LogP contribution in [0.15, 0.2) is 24.4 Å². The van der Waals surface area contributed by atoms with Crippen molar-refractivity contribution >= 4 is 11.0 Å². The van der Waals surface area contributed by atoms with E-state index in [1.165, 1.54) is 0 Å². The summed E-state index contributed by atoms with van der Waals surface area (Å²) < 4.78 is 0. The lowest BCUT2D eigenvalue weighted by atomic mass is 10.2. The third-order valence-electron chi connectivity index (χ3n) is 2.31. The van der Waals surface area contributed by atoms with Crippen LogP contribution < -0.4 is 5.32 Å². The maximum absolute atomic E-state index is 9.09. The lowest BCUT2D eigenvalue weighted by molar-refractivity contribution is 0.249. The molecule has 3 N–H and O–H groups in total. The van der Waals surface area contributed by atoms with E-state index in [9.17, 15) is 0 Å². The van der Waals surface area contributed by atoms with Crippen molar-refractivity contribution in [3.8, 4) is 0 Å². The molecule has 0 amide bonds. The van der Waals surface area contributed by atoms with Crippen molar-refractivity contribution in [1.29, 1.82) is 0 Å². The Hall–Kier alpha value is -1.39. The number of H-pyrrole nitrogens is 1. The first-order chi connectivity index (χ1) is 6.85. The van der Waals surface area contributed by atoms with Gasteiger partial charge in [0.1, 0.15) is 0 Å². The maximum atomic E-state index is 9.09. The SMILES string of the molecule is CN[C@H](CO)c1ccc2[nH]ccc2n1. The molecule has 0 saturated carbocycles. The second kappa shape index (κ2) is 3.77. The number of rotatable bonds is 3. The Morgan fingerprint density at radius 3 is 3.07 bits per heavy atom. The van der Waals surface area contributed by atoms with Gasteiger partial charge in [-0.1, -0.05) is 0 Å². The van der Waals surface area contributed by atoms with Crippen molar-refractivity contribution in [3.05, 3.63) is 30.1 Å². The Kier molecular flexibility index (Phi) is 2.47. The van der Waals surface area contributed by atoms with Gasteiger partial charge in [0.15, 0.2) is 0 Å². The number of hydrogen-bond donors (Lipinski definition) is 3. The summed E-state index contributed by atoms with van der Waals surface area (Å²) in [7, 11) is 1.81. The average Bonchev–Trinajstić information content (AvgIpc) is 2.66. The molecule has 14 heavy (non-hydrogen) atoms. The molecule has 0 spiro atoms. The number of nitrogens with one attached hydrogen (secondary N) is 2. The zero-order chi connectivity index (χ0) is 9.97. The Balaban J connectivity index is 2.42. The maximum Gasteiger partial charge on any atom is 0.0882 e. The first kappa shape index (κ1) is 9.18. The van der Waals surface area contributed by atoms with Crippen LogP contribution in [0.5, 0.6) is 0 Å². The fourth-order valence-corrected chi connectivity index (χ4v) is 1.48. The fraction of sp³-hybridized carbons (Fsp3) is 0.300. The normalized spacial score (nSPS) is 13.3. The van der Waals surface area contributed by atoms with E-state index >= 15 is 0 Å². The van der Waals surface area contributed by atoms with Crippen molar-refractivity contribution in [2.24, 2.45) is 0 Å². The molecule has 0 saturated heterocycles. The van der Waals surface area contributed by atoms with E-state index in [0.29, 0.717) is 0 Å². The van der Waals surface area contributed by atoms with Crippen LogP contribution in [0.25, 0.3) is 11.0 Å². The van der Waals surface area contributed by atoms with Gasteiger partial charge in [0.2, 0.25) is 0 Å². The number of pyridine rings is 1. The van der Waals surface area contributed by atoms with Gasteiger partial charge in [-0.25, -0.2) is 4.98 Å². The van der Waals surface area contributed by atoms with Crippen molar-refractivity contribution in [2.75, 3.05) is 13.7 Å². The van der Waals surface area contributed by atoms with Crippen LogP contribution in [0.4, 0.5) is 0 Å². The van der Waals surface area contributed by atoms with E-state index in [-0.39, 0.29) is 12.6 Å². The van der Waals surface area contributed by atoms with Gasteiger partial charge in [0.05, 0.1) is 29.4 Å². The predicted molar refractivity (Wildman–Crippen MR) is 55.0 cm³/mol. The van der Waals surface area contributed by atoms with Crippen LogP contribution in [-0.2, 0) is 0 Å². The van der Waals surface area contributed by atoms with Crippen LogP contribution in [-0.4, -0.2) is 28.7 Å². The van der Waals surface area contributed by atoms with Gasteiger partial charge in [0.25, 0.3) is 0 Å². The summed E-state index contributed by atoms with van der Waals surface area (Å²) >= 11 is 0. The molecule has 0 aliphatic heterocycles. The quantitative estimate of drug-likeness (QED) is 0.673. The number of likely N-dealkylation sites (N-methyl/N-ethyl adjacent to an activating group) is 1. The Labute approximate surface area is 82.0 Å². The number of fused-ring (bicyclic) bond motifs is 1. The smallest absolute Gasteiger partial charge is 0.0882 e. The molecule has 0 unspecified atom stereocenters. The predicted octanol–water partition coefficient (Wildman–Crippen LogP) is 0.816. The topological polar surface area (TPSA) is 60.9 Å². The third-order valence-corrected chi connectivity index (χ3v) is 2.31. The number of nitrogens with zero attached hydrogens (tertiary/aromatic N) is 1. The zero-order valence-corrected chi connectivity index (χ0v) is 7.99. The number of aromatic nitrogens is 2. The standard InChI is InChI=1S/C10H13N3O/c1-11-10(6-14)8-3-2-7-9(13-8)4-5-12-7/h2-5,10-12,14H,6H2,1H3/t10-/m1/s1. The molecule has 4 nitrogen and oxygen atoms in total. The summed E-state index contributed by atoms with van der Waals surface area (Å²) in [6, 6.07) is 5.71. The lowest BCUT2D eigenvalue weighted by Crippen LogP contribution is -2.20. The fourth-order valence-electron chi connectivity index (χ4n) is 1.48. The van der Waals surface area contributed by atoms with Crippen molar-refractivity contribution in [3.63, 3.8) is 0 Å². The van der Waals surface area contributed by atoms with E-state index in [0.717, 1.165) is 16.7 Å². The molecular weight excluding hydrogens is 178 g/mol. The first-order valence-electron chi connectivity index (χ1n) is 4.57. The molecule has 2 aromatic rings. The molecule has 0 aromatic carbocycles. The van der Waals surface area contributed by atoms with E-state index in [1.54, 1.807) is 0 Å². The lowest BCUT2D eigenvalue weighted by Gasteiger charge is -2.11. The highest BCUT2D eigenvalue weighted by atomic mass is 16.3. The van der Waals surface area contributed by atoms with Crippen LogP contribution in [0.1, 0.15) is 11.7 Å². The number of hydrogen-bond acceptors (Lipinski definition) is 3. The second-order valence-corrected chi connectivity index (χ2v) is 3.17. The van der Waals surface area contributed by atoms with Crippen LogP contribution in [0, 0.1) is 0 Å². The molecular formula is C10H13N3O. The van der Waals surface area contributed by atoms with Crippen molar-refractivity contribution < 1.29 is 5.11 Å². The number of aromatic amines is 1.